The Kier molecular flexibility index (Phi) is 7.83. The third kappa shape index (κ3) is 5.16. The molecule has 0 aliphatic rings. The van der Waals surface area contributed by atoms with E-state index in [1.54, 1.807) is 27.7 Å². The van der Waals surface area contributed by atoms with Crippen LogP contribution in [0.5, 0.6) is 0 Å². The molecule has 7 heteroatoms. The zero-order chi connectivity index (χ0) is 19.1. The number of aromatic amines is 1. The Labute approximate surface area is 149 Å². The van der Waals surface area contributed by atoms with Crippen molar-refractivity contribution in [3.63, 3.8) is 0 Å². The molecule has 140 valence electrons. The molecule has 1 heterocycles. The van der Waals surface area contributed by atoms with Crippen LogP contribution in [0, 0.1) is 13.8 Å². The van der Waals surface area contributed by atoms with E-state index in [0.29, 0.717) is 29.1 Å². The first kappa shape index (κ1) is 20.9. The summed E-state index contributed by atoms with van der Waals surface area (Å²) in [6.07, 6.45) is 0.872. The van der Waals surface area contributed by atoms with E-state index in [1.807, 2.05) is 14.0 Å². The molecule has 0 aromatic carbocycles. The van der Waals surface area contributed by atoms with Crippen LogP contribution in [0.3, 0.4) is 0 Å². The van der Waals surface area contributed by atoms with Gasteiger partial charge in [-0.05, 0) is 39.7 Å². The third-order valence-corrected chi connectivity index (χ3v) is 4.31. The number of rotatable bonds is 9. The maximum absolute atomic E-state index is 12.8. The standard InChI is InChI=1S/C18H29N3O4/c1-7-9-19-14(22)10-21(6)13(5)17(23)16-11(3)15(12(4)20-16)18(24)25-8-2/h13,20H,7-10H2,1-6H3,(H,19,22)/p+1/t13-/m1/s1. The fraction of sp³-hybridized carbons (Fsp3) is 0.611. The Balaban J connectivity index is 2.90. The fourth-order valence-electron chi connectivity index (χ4n) is 2.68. The van der Waals surface area contributed by atoms with Crippen LogP contribution in [-0.4, -0.2) is 55.4 Å². The largest absolute Gasteiger partial charge is 0.462 e. The number of aryl methyl sites for hydroxylation is 1. The van der Waals surface area contributed by atoms with Crippen LogP contribution in [0.15, 0.2) is 0 Å². The van der Waals surface area contributed by atoms with E-state index < -0.39 is 12.0 Å². The minimum Gasteiger partial charge on any atom is -0.462 e. The lowest BCUT2D eigenvalue weighted by atomic mass is 10.0. The average molecular weight is 352 g/mol. The van der Waals surface area contributed by atoms with E-state index in [2.05, 4.69) is 10.3 Å². The van der Waals surface area contributed by atoms with Crippen molar-refractivity contribution >= 4 is 17.7 Å². The normalized spacial score (nSPS) is 13.2. The van der Waals surface area contributed by atoms with Gasteiger partial charge in [-0.3, -0.25) is 9.59 Å². The summed E-state index contributed by atoms with van der Waals surface area (Å²) in [7, 11) is 1.81. The second-order valence-electron chi connectivity index (χ2n) is 6.30. The van der Waals surface area contributed by atoms with Gasteiger partial charge in [-0.15, -0.1) is 0 Å². The van der Waals surface area contributed by atoms with Gasteiger partial charge in [-0.1, -0.05) is 6.92 Å². The molecule has 25 heavy (non-hydrogen) atoms. The van der Waals surface area contributed by atoms with Crippen molar-refractivity contribution in [1.29, 1.82) is 0 Å². The van der Waals surface area contributed by atoms with Gasteiger partial charge in [0.2, 0.25) is 5.78 Å². The summed E-state index contributed by atoms with van der Waals surface area (Å²) in [6.45, 7) is 10.1. The number of amides is 1. The van der Waals surface area contributed by atoms with Crippen molar-refractivity contribution in [3.05, 3.63) is 22.5 Å². The van der Waals surface area contributed by atoms with Gasteiger partial charge in [-0.25, -0.2) is 4.79 Å². The molecule has 0 saturated carbocycles. The lowest BCUT2D eigenvalue weighted by Crippen LogP contribution is -3.14. The number of hydrogen-bond acceptors (Lipinski definition) is 4. The van der Waals surface area contributed by atoms with Crippen LogP contribution in [-0.2, 0) is 9.53 Å². The van der Waals surface area contributed by atoms with Gasteiger partial charge in [0.05, 0.1) is 24.9 Å². The number of aromatic nitrogens is 1. The van der Waals surface area contributed by atoms with Crippen LogP contribution >= 0.6 is 0 Å². The van der Waals surface area contributed by atoms with E-state index in [4.69, 9.17) is 4.74 Å². The Morgan fingerprint density at radius 1 is 1.24 bits per heavy atom. The quantitative estimate of drug-likeness (QED) is 0.444. The third-order valence-electron chi connectivity index (χ3n) is 4.31. The van der Waals surface area contributed by atoms with Crippen molar-refractivity contribution in [2.24, 2.45) is 0 Å². The smallest absolute Gasteiger partial charge is 0.340 e. The number of H-pyrrole nitrogens is 1. The molecule has 1 unspecified atom stereocenters. The lowest BCUT2D eigenvalue weighted by Gasteiger charge is -2.20. The number of nitrogens with one attached hydrogen (secondary N) is 3. The SMILES string of the molecule is CCCNC(=O)C[NH+](C)[C@H](C)C(=O)c1[nH]c(C)c(C(=O)OCC)c1C. The molecular weight excluding hydrogens is 322 g/mol. The number of ketones is 1. The lowest BCUT2D eigenvalue weighted by molar-refractivity contribution is -0.885. The molecule has 0 aliphatic carbocycles. The molecule has 0 aliphatic heterocycles. The topological polar surface area (TPSA) is 92.7 Å². The first-order valence-electron chi connectivity index (χ1n) is 8.73. The Morgan fingerprint density at radius 3 is 2.44 bits per heavy atom. The molecule has 3 N–H and O–H groups in total. The highest BCUT2D eigenvalue weighted by molar-refractivity contribution is 6.03. The summed E-state index contributed by atoms with van der Waals surface area (Å²) in [4.78, 5) is 40.5. The van der Waals surface area contributed by atoms with Crippen LogP contribution in [0.4, 0.5) is 0 Å². The summed E-state index contributed by atoms with van der Waals surface area (Å²) >= 11 is 0. The highest BCUT2D eigenvalue weighted by Crippen LogP contribution is 2.20. The highest BCUT2D eigenvalue weighted by atomic mass is 16.5. The zero-order valence-electron chi connectivity index (χ0n) is 16.0. The number of ether oxygens (including phenoxy) is 1. The predicted octanol–water partition coefficient (Wildman–Crippen LogP) is 0.420. The number of carbonyl (C=O) groups is 3. The van der Waals surface area contributed by atoms with Gasteiger partial charge in [0, 0.05) is 12.2 Å². The Hall–Kier alpha value is -2.15. The number of likely N-dealkylation sites (N-methyl/N-ethyl adjacent to an activating group) is 1. The number of esters is 1. The molecular formula is C18H30N3O4+. The molecule has 0 radical (unpaired) electrons. The molecule has 0 fully saturated rings. The van der Waals surface area contributed by atoms with Crippen LogP contribution < -0.4 is 10.2 Å². The number of quaternary nitrogens is 1. The molecule has 1 aromatic rings. The number of carbonyl (C=O) groups excluding carboxylic acids is 3. The maximum Gasteiger partial charge on any atom is 0.340 e. The minimum absolute atomic E-state index is 0.0781. The summed E-state index contributed by atoms with van der Waals surface area (Å²) in [5, 5.41) is 2.81. The fourth-order valence-corrected chi connectivity index (χ4v) is 2.68. The van der Waals surface area contributed by atoms with E-state index in [9.17, 15) is 14.4 Å². The van der Waals surface area contributed by atoms with Crippen LogP contribution in [0.1, 0.15) is 59.3 Å². The van der Waals surface area contributed by atoms with E-state index in [0.717, 1.165) is 11.3 Å². The molecule has 0 bridgehead atoms. The molecule has 1 aromatic heterocycles. The predicted molar refractivity (Wildman–Crippen MR) is 95.1 cm³/mol. The van der Waals surface area contributed by atoms with Gasteiger partial charge in [0.15, 0.2) is 12.6 Å². The van der Waals surface area contributed by atoms with E-state index in [-0.39, 0.29) is 24.8 Å². The van der Waals surface area contributed by atoms with Crippen molar-refractivity contribution in [2.45, 2.75) is 47.1 Å². The molecule has 0 saturated heterocycles. The van der Waals surface area contributed by atoms with Gasteiger partial charge in [-0.2, -0.15) is 0 Å². The van der Waals surface area contributed by atoms with Crippen LogP contribution in [0.25, 0.3) is 0 Å². The second kappa shape index (κ2) is 9.36. The molecule has 7 nitrogen and oxygen atoms in total. The van der Waals surface area contributed by atoms with Crippen molar-refractivity contribution < 1.29 is 24.0 Å². The Bertz CT molecular complexity index is 637. The first-order chi connectivity index (χ1) is 11.7. The summed E-state index contributed by atoms with van der Waals surface area (Å²) in [5.74, 6) is -0.636. The minimum atomic E-state index is -0.430. The zero-order valence-corrected chi connectivity index (χ0v) is 16.0. The van der Waals surface area contributed by atoms with E-state index >= 15 is 0 Å². The Morgan fingerprint density at radius 2 is 1.88 bits per heavy atom. The average Bonchev–Trinajstić information content (AvgIpc) is 2.86. The molecule has 2 atom stereocenters. The number of hydrogen-bond donors (Lipinski definition) is 3. The molecule has 0 spiro atoms. The summed E-state index contributed by atoms with van der Waals surface area (Å²) < 4.78 is 5.05. The summed E-state index contributed by atoms with van der Waals surface area (Å²) in [6, 6.07) is -0.417. The maximum atomic E-state index is 12.8. The van der Waals surface area contributed by atoms with Crippen molar-refractivity contribution in [1.82, 2.24) is 10.3 Å². The van der Waals surface area contributed by atoms with Crippen LogP contribution in [0.2, 0.25) is 0 Å². The highest BCUT2D eigenvalue weighted by Gasteiger charge is 2.30. The monoisotopic (exact) mass is 352 g/mol. The van der Waals surface area contributed by atoms with Gasteiger partial charge >= 0.3 is 5.97 Å². The summed E-state index contributed by atoms with van der Waals surface area (Å²) in [5.41, 5.74) is 2.03. The van der Waals surface area contributed by atoms with Gasteiger partial charge < -0.3 is 19.9 Å². The molecule has 1 rings (SSSR count). The van der Waals surface area contributed by atoms with E-state index in [1.165, 1.54) is 0 Å². The van der Waals surface area contributed by atoms with Gasteiger partial charge in [0.1, 0.15) is 0 Å². The first-order valence-corrected chi connectivity index (χ1v) is 8.73. The van der Waals surface area contributed by atoms with Crippen molar-refractivity contribution in [2.75, 3.05) is 26.7 Å². The van der Waals surface area contributed by atoms with Gasteiger partial charge in [0.25, 0.3) is 5.91 Å². The second-order valence-corrected chi connectivity index (χ2v) is 6.30. The van der Waals surface area contributed by atoms with Crippen molar-refractivity contribution in [3.8, 4) is 0 Å². The molecule has 1 amide bonds. The number of Topliss-reactive ketones (excluding diaryl/α,β-unsaturated/α-hetero) is 1.